The number of halogens is 3. The van der Waals surface area contributed by atoms with E-state index < -0.39 is 0 Å². The lowest BCUT2D eigenvalue weighted by atomic mass is 10.1. The first-order chi connectivity index (χ1) is 8.97. The Morgan fingerprint density at radius 2 is 1.89 bits per heavy atom. The molecule has 0 aliphatic rings. The topological polar surface area (TPSA) is 24.9 Å². The lowest BCUT2D eigenvalue weighted by Crippen LogP contribution is -2.07. The Morgan fingerprint density at radius 3 is 2.53 bits per heavy atom. The summed E-state index contributed by atoms with van der Waals surface area (Å²) in [5, 5.41) is 5.13. The number of nitrogens with zero attached hydrogens (tertiary/aromatic N) is 1. The number of hydrogen-bond acceptors (Lipinski definition) is 2. The van der Waals surface area contributed by atoms with Crippen molar-refractivity contribution in [3.8, 4) is 0 Å². The van der Waals surface area contributed by atoms with E-state index in [2.05, 4.69) is 10.3 Å². The molecule has 0 radical (unpaired) electrons. The molecule has 1 aromatic carbocycles. The van der Waals surface area contributed by atoms with Crippen molar-refractivity contribution in [3.63, 3.8) is 0 Å². The fourth-order valence-electron chi connectivity index (χ4n) is 1.82. The largest absolute Gasteiger partial charge is 0.377 e. The molecule has 1 heterocycles. The molecule has 2 nitrogen and oxygen atoms in total. The van der Waals surface area contributed by atoms with Crippen molar-refractivity contribution >= 4 is 40.5 Å². The predicted molar refractivity (Wildman–Crippen MR) is 82.5 cm³/mol. The van der Waals surface area contributed by atoms with Gasteiger partial charge in [-0.05, 0) is 43.2 Å². The van der Waals surface area contributed by atoms with E-state index >= 15 is 0 Å². The average Bonchev–Trinajstić information content (AvgIpc) is 2.33. The van der Waals surface area contributed by atoms with Crippen LogP contribution >= 0.6 is 34.8 Å². The zero-order valence-electron chi connectivity index (χ0n) is 10.5. The van der Waals surface area contributed by atoms with E-state index in [1.807, 2.05) is 32.0 Å². The quantitative estimate of drug-likeness (QED) is 0.754. The molecule has 0 spiro atoms. The SMILES string of the molecule is Cc1cc(NC(C)c2ccc(Cl)cc2Cl)cnc1Cl. The van der Waals surface area contributed by atoms with Crippen LogP contribution in [0.4, 0.5) is 5.69 Å². The first kappa shape index (κ1) is 14.4. The summed E-state index contributed by atoms with van der Waals surface area (Å²) in [6.07, 6.45) is 1.70. The van der Waals surface area contributed by atoms with Crippen LogP contribution in [0.15, 0.2) is 30.5 Å². The zero-order valence-corrected chi connectivity index (χ0v) is 12.8. The minimum absolute atomic E-state index is 0.0483. The van der Waals surface area contributed by atoms with E-state index in [0.717, 1.165) is 16.8 Å². The van der Waals surface area contributed by atoms with Crippen LogP contribution in [0.5, 0.6) is 0 Å². The van der Waals surface area contributed by atoms with Crippen molar-refractivity contribution in [2.75, 3.05) is 5.32 Å². The fraction of sp³-hybridized carbons (Fsp3) is 0.214. The smallest absolute Gasteiger partial charge is 0.132 e. The normalized spacial score (nSPS) is 12.3. The summed E-state index contributed by atoms with van der Waals surface area (Å²) >= 11 is 18.0. The summed E-state index contributed by atoms with van der Waals surface area (Å²) < 4.78 is 0. The van der Waals surface area contributed by atoms with Gasteiger partial charge in [0.2, 0.25) is 0 Å². The van der Waals surface area contributed by atoms with Crippen molar-refractivity contribution in [2.45, 2.75) is 19.9 Å². The number of benzene rings is 1. The summed E-state index contributed by atoms with van der Waals surface area (Å²) in [5.41, 5.74) is 2.82. The van der Waals surface area contributed by atoms with Crippen molar-refractivity contribution < 1.29 is 0 Å². The van der Waals surface area contributed by atoms with E-state index in [9.17, 15) is 0 Å². The van der Waals surface area contributed by atoms with E-state index in [1.54, 1.807) is 12.3 Å². The van der Waals surface area contributed by atoms with Crippen LogP contribution in [0.3, 0.4) is 0 Å². The van der Waals surface area contributed by atoms with Gasteiger partial charge in [-0.15, -0.1) is 0 Å². The van der Waals surface area contributed by atoms with Crippen molar-refractivity contribution in [3.05, 3.63) is 56.8 Å². The molecule has 100 valence electrons. The summed E-state index contributed by atoms with van der Waals surface area (Å²) in [4.78, 5) is 4.11. The second-order valence-electron chi connectivity index (χ2n) is 4.36. The molecule has 1 unspecified atom stereocenters. The van der Waals surface area contributed by atoms with E-state index in [1.165, 1.54) is 0 Å². The lowest BCUT2D eigenvalue weighted by Gasteiger charge is -2.17. The maximum atomic E-state index is 6.19. The molecular formula is C14H13Cl3N2. The highest BCUT2D eigenvalue weighted by molar-refractivity contribution is 6.35. The summed E-state index contributed by atoms with van der Waals surface area (Å²) in [5.74, 6) is 0. The molecule has 0 aliphatic carbocycles. The number of nitrogens with one attached hydrogen (secondary N) is 1. The number of hydrogen-bond donors (Lipinski definition) is 1. The van der Waals surface area contributed by atoms with E-state index in [4.69, 9.17) is 34.8 Å². The van der Waals surface area contributed by atoms with Gasteiger partial charge in [0.05, 0.1) is 17.9 Å². The Balaban J connectivity index is 2.20. The zero-order chi connectivity index (χ0) is 14.0. The molecule has 0 saturated heterocycles. The molecule has 19 heavy (non-hydrogen) atoms. The Bertz CT molecular complexity index is 599. The Kier molecular flexibility index (Phi) is 4.56. The van der Waals surface area contributed by atoms with Gasteiger partial charge >= 0.3 is 0 Å². The molecule has 5 heteroatoms. The number of anilines is 1. The Hall–Kier alpha value is -0.960. The van der Waals surface area contributed by atoms with Crippen molar-refractivity contribution in [1.29, 1.82) is 0 Å². The van der Waals surface area contributed by atoms with Gasteiger partial charge in [-0.3, -0.25) is 0 Å². The highest BCUT2D eigenvalue weighted by Gasteiger charge is 2.10. The third-order valence-electron chi connectivity index (χ3n) is 2.83. The molecule has 2 aromatic rings. The summed E-state index contributed by atoms with van der Waals surface area (Å²) in [6, 6.07) is 7.48. The van der Waals surface area contributed by atoms with Crippen LogP contribution in [0.1, 0.15) is 24.1 Å². The molecule has 2 rings (SSSR count). The highest BCUT2D eigenvalue weighted by atomic mass is 35.5. The van der Waals surface area contributed by atoms with Gasteiger partial charge in [-0.2, -0.15) is 0 Å². The summed E-state index contributed by atoms with van der Waals surface area (Å²) in [6.45, 7) is 3.94. The maximum Gasteiger partial charge on any atom is 0.132 e. The molecule has 1 atom stereocenters. The standard InChI is InChI=1S/C14H13Cl3N2/c1-8-5-11(7-18-14(8)17)19-9(2)12-4-3-10(15)6-13(12)16/h3-7,9,19H,1-2H3. The lowest BCUT2D eigenvalue weighted by molar-refractivity contribution is 0.882. The van der Waals surface area contributed by atoms with Crippen molar-refractivity contribution in [1.82, 2.24) is 4.98 Å². The molecule has 0 saturated carbocycles. The Morgan fingerprint density at radius 1 is 1.16 bits per heavy atom. The van der Waals surface area contributed by atoms with Crippen LogP contribution in [0.2, 0.25) is 15.2 Å². The number of pyridine rings is 1. The van der Waals surface area contributed by atoms with Crippen LogP contribution in [-0.4, -0.2) is 4.98 Å². The van der Waals surface area contributed by atoms with Crippen LogP contribution in [-0.2, 0) is 0 Å². The van der Waals surface area contributed by atoms with Gasteiger partial charge in [0.1, 0.15) is 5.15 Å². The predicted octanol–water partition coefficient (Wildman–Crippen LogP) is 5.52. The number of aromatic nitrogens is 1. The van der Waals surface area contributed by atoms with Gasteiger partial charge in [0.15, 0.2) is 0 Å². The second-order valence-corrected chi connectivity index (χ2v) is 5.57. The Labute approximate surface area is 127 Å². The summed E-state index contributed by atoms with van der Waals surface area (Å²) in [7, 11) is 0. The highest BCUT2D eigenvalue weighted by Crippen LogP contribution is 2.28. The third-order valence-corrected chi connectivity index (χ3v) is 3.78. The average molecular weight is 316 g/mol. The first-order valence-electron chi connectivity index (χ1n) is 5.81. The molecule has 1 N–H and O–H groups in total. The van der Waals surface area contributed by atoms with E-state index in [0.29, 0.717) is 15.2 Å². The van der Waals surface area contributed by atoms with Crippen molar-refractivity contribution in [2.24, 2.45) is 0 Å². The third kappa shape index (κ3) is 3.53. The van der Waals surface area contributed by atoms with Gasteiger partial charge in [0.25, 0.3) is 0 Å². The van der Waals surface area contributed by atoms with Gasteiger partial charge in [0, 0.05) is 10.0 Å². The fourth-order valence-corrected chi connectivity index (χ4v) is 2.49. The number of rotatable bonds is 3. The van der Waals surface area contributed by atoms with Crippen LogP contribution in [0, 0.1) is 6.92 Å². The van der Waals surface area contributed by atoms with E-state index in [-0.39, 0.29) is 6.04 Å². The molecule has 0 fully saturated rings. The minimum atomic E-state index is 0.0483. The molecular weight excluding hydrogens is 303 g/mol. The molecule has 0 aliphatic heterocycles. The molecule has 0 amide bonds. The maximum absolute atomic E-state index is 6.19. The number of aryl methyl sites for hydroxylation is 1. The van der Waals surface area contributed by atoms with Gasteiger partial charge in [-0.25, -0.2) is 4.98 Å². The van der Waals surface area contributed by atoms with Crippen LogP contribution < -0.4 is 5.32 Å². The second kappa shape index (κ2) is 6.00. The minimum Gasteiger partial charge on any atom is -0.377 e. The first-order valence-corrected chi connectivity index (χ1v) is 6.94. The monoisotopic (exact) mass is 314 g/mol. The van der Waals surface area contributed by atoms with Gasteiger partial charge in [-0.1, -0.05) is 40.9 Å². The molecule has 0 bridgehead atoms. The van der Waals surface area contributed by atoms with Crippen LogP contribution in [0.25, 0.3) is 0 Å². The molecule has 1 aromatic heterocycles. The van der Waals surface area contributed by atoms with Gasteiger partial charge < -0.3 is 5.32 Å².